The Labute approximate surface area is 94.4 Å². The lowest BCUT2D eigenvalue weighted by atomic mass is 10.1. The summed E-state index contributed by atoms with van der Waals surface area (Å²) in [7, 11) is 0. The fourth-order valence-corrected chi connectivity index (χ4v) is 1.89. The third kappa shape index (κ3) is 2.48. The van der Waals surface area contributed by atoms with Crippen molar-refractivity contribution in [2.45, 2.75) is 25.9 Å². The molecular weight excluding hydrogens is 204 g/mol. The summed E-state index contributed by atoms with van der Waals surface area (Å²) in [4.78, 5) is 22.9. The summed E-state index contributed by atoms with van der Waals surface area (Å²) in [6.07, 6.45) is 1.97. The Kier molecular flexibility index (Phi) is 3.34. The smallest absolute Gasteiger partial charge is 0.316 e. The summed E-state index contributed by atoms with van der Waals surface area (Å²) in [5, 5.41) is 0. The van der Waals surface area contributed by atoms with Crippen molar-refractivity contribution in [3.63, 3.8) is 0 Å². The summed E-state index contributed by atoms with van der Waals surface area (Å²) in [6, 6.07) is 9.48. The van der Waals surface area contributed by atoms with Gasteiger partial charge in [-0.1, -0.05) is 30.3 Å². The molecular formula is C13H14O3. The first-order valence-corrected chi connectivity index (χ1v) is 5.50. The van der Waals surface area contributed by atoms with E-state index in [4.69, 9.17) is 4.74 Å². The molecule has 1 atom stereocenters. The zero-order valence-corrected chi connectivity index (χ0v) is 9.02. The minimum absolute atomic E-state index is 0.0260. The fourth-order valence-electron chi connectivity index (χ4n) is 1.89. The van der Waals surface area contributed by atoms with Gasteiger partial charge in [0.05, 0.1) is 0 Å². The first-order chi connectivity index (χ1) is 7.77. The van der Waals surface area contributed by atoms with Crippen LogP contribution in [0.4, 0.5) is 0 Å². The van der Waals surface area contributed by atoms with Crippen LogP contribution in [-0.2, 0) is 20.9 Å². The van der Waals surface area contributed by atoms with E-state index in [9.17, 15) is 9.59 Å². The summed E-state index contributed by atoms with van der Waals surface area (Å²) in [6.45, 7) is 0.253. The highest BCUT2D eigenvalue weighted by atomic mass is 16.5. The van der Waals surface area contributed by atoms with Crippen molar-refractivity contribution in [3.05, 3.63) is 35.9 Å². The zero-order chi connectivity index (χ0) is 11.4. The lowest BCUT2D eigenvalue weighted by molar-refractivity contribution is -0.152. The average molecular weight is 218 g/mol. The molecule has 2 rings (SSSR count). The monoisotopic (exact) mass is 218 g/mol. The van der Waals surface area contributed by atoms with Gasteiger partial charge in [0.15, 0.2) is 0 Å². The third-order valence-electron chi connectivity index (χ3n) is 2.81. The molecule has 16 heavy (non-hydrogen) atoms. The lowest BCUT2D eigenvalue weighted by Gasteiger charge is -2.08. The number of carbonyl (C=O) groups excluding carboxylic acids is 2. The molecule has 3 heteroatoms. The second-order valence-corrected chi connectivity index (χ2v) is 4.00. The maximum atomic E-state index is 11.6. The van der Waals surface area contributed by atoms with Gasteiger partial charge in [-0.15, -0.1) is 0 Å². The second kappa shape index (κ2) is 4.92. The van der Waals surface area contributed by atoms with Crippen LogP contribution in [0.5, 0.6) is 0 Å². The van der Waals surface area contributed by atoms with Crippen molar-refractivity contribution < 1.29 is 14.3 Å². The van der Waals surface area contributed by atoms with Crippen LogP contribution < -0.4 is 0 Å². The Morgan fingerprint density at radius 3 is 2.69 bits per heavy atom. The lowest BCUT2D eigenvalue weighted by Crippen LogP contribution is -2.21. The predicted octanol–water partition coefficient (Wildman–Crippen LogP) is 2.10. The average Bonchev–Trinajstić information content (AvgIpc) is 2.74. The van der Waals surface area contributed by atoms with E-state index in [0.717, 1.165) is 12.0 Å². The number of rotatable bonds is 3. The van der Waals surface area contributed by atoms with Crippen molar-refractivity contribution in [2.24, 2.45) is 5.92 Å². The molecule has 0 bridgehead atoms. The highest BCUT2D eigenvalue weighted by Gasteiger charge is 2.32. The van der Waals surface area contributed by atoms with Crippen LogP contribution in [0, 0.1) is 5.92 Å². The van der Waals surface area contributed by atoms with Crippen LogP contribution in [0.2, 0.25) is 0 Å². The molecule has 84 valence electrons. The van der Waals surface area contributed by atoms with Gasteiger partial charge in [0, 0.05) is 6.42 Å². The first kappa shape index (κ1) is 10.9. The number of benzene rings is 1. The Bertz CT molecular complexity index is 383. The van der Waals surface area contributed by atoms with Crippen molar-refractivity contribution in [3.8, 4) is 0 Å². The number of hydrogen-bond acceptors (Lipinski definition) is 3. The highest BCUT2D eigenvalue weighted by Crippen LogP contribution is 2.22. The van der Waals surface area contributed by atoms with Crippen LogP contribution >= 0.6 is 0 Å². The molecule has 0 amide bonds. The summed E-state index contributed by atoms with van der Waals surface area (Å²) >= 11 is 0. The van der Waals surface area contributed by atoms with Gasteiger partial charge in [-0.25, -0.2) is 0 Å². The number of carbonyl (C=O) groups is 2. The molecule has 0 aliphatic heterocycles. The Balaban J connectivity index is 1.86. The topological polar surface area (TPSA) is 43.4 Å². The van der Waals surface area contributed by atoms with E-state index in [1.54, 1.807) is 0 Å². The SMILES string of the molecule is O=C1CCC[C@H]1C(=O)OCc1ccccc1. The molecule has 0 heterocycles. The predicted molar refractivity (Wildman–Crippen MR) is 58.6 cm³/mol. The Hall–Kier alpha value is -1.64. The van der Waals surface area contributed by atoms with Crippen LogP contribution in [0.15, 0.2) is 30.3 Å². The highest BCUT2D eigenvalue weighted by molar-refractivity contribution is 6.00. The van der Waals surface area contributed by atoms with E-state index < -0.39 is 5.92 Å². The van der Waals surface area contributed by atoms with Gasteiger partial charge in [0.25, 0.3) is 0 Å². The molecule has 1 aromatic rings. The molecule has 0 saturated heterocycles. The largest absolute Gasteiger partial charge is 0.460 e. The van der Waals surface area contributed by atoms with E-state index in [1.807, 2.05) is 30.3 Å². The quantitative estimate of drug-likeness (QED) is 0.576. The van der Waals surface area contributed by atoms with Crippen molar-refractivity contribution in [1.82, 2.24) is 0 Å². The van der Waals surface area contributed by atoms with Gasteiger partial charge in [-0.3, -0.25) is 9.59 Å². The number of hydrogen-bond donors (Lipinski definition) is 0. The maximum Gasteiger partial charge on any atom is 0.316 e. The Morgan fingerprint density at radius 1 is 1.31 bits per heavy atom. The molecule has 0 unspecified atom stereocenters. The van der Waals surface area contributed by atoms with Crippen molar-refractivity contribution >= 4 is 11.8 Å². The van der Waals surface area contributed by atoms with Crippen molar-refractivity contribution in [2.75, 3.05) is 0 Å². The molecule has 1 aliphatic carbocycles. The first-order valence-electron chi connectivity index (χ1n) is 5.50. The summed E-state index contributed by atoms with van der Waals surface area (Å²) in [5.74, 6) is -0.854. The van der Waals surface area contributed by atoms with Gasteiger partial charge >= 0.3 is 5.97 Å². The van der Waals surface area contributed by atoms with Crippen LogP contribution in [0.3, 0.4) is 0 Å². The summed E-state index contributed by atoms with van der Waals surface area (Å²) in [5.41, 5.74) is 0.946. The number of ether oxygens (including phenoxy) is 1. The van der Waals surface area contributed by atoms with Crippen LogP contribution in [-0.4, -0.2) is 11.8 Å². The van der Waals surface area contributed by atoms with E-state index >= 15 is 0 Å². The molecule has 1 aromatic carbocycles. The molecule has 1 aliphatic rings. The molecule has 3 nitrogen and oxygen atoms in total. The normalized spacial score (nSPS) is 19.8. The van der Waals surface area contributed by atoms with E-state index in [-0.39, 0.29) is 18.4 Å². The number of esters is 1. The second-order valence-electron chi connectivity index (χ2n) is 4.00. The van der Waals surface area contributed by atoms with E-state index in [2.05, 4.69) is 0 Å². The standard InChI is InChI=1S/C13H14O3/c14-12-8-4-7-11(12)13(15)16-9-10-5-2-1-3-6-10/h1-3,5-6,11H,4,7-9H2/t11-/m1/s1. The van der Waals surface area contributed by atoms with E-state index in [1.165, 1.54) is 0 Å². The molecule has 0 radical (unpaired) electrons. The minimum atomic E-state index is -0.510. The Morgan fingerprint density at radius 2 is 2.06 bits per heavy atom. The minimum Gasteiger partial charge on any atom is -0.460 e. The van der Waals surface area contributed by atoms with E-state index in [0.29, 0.717) is 12.8 Å². The maximum absolute atomic E-state index is 11.6. The number of ketones is 1. The zero-order valence-electron chi connectivity index (χ0n) is 9.02. The fraction of sp³-hybridized carbons (Fsp3) is 0.385. The van der Waals surface area contributed by atoms with Gasteiger partial charge in [-0.05, 0) is 18.4 Å². The van der Waals surface area contributed by atoms with Gasteiger partial charge in [0.2, 0.25) is 0 Å². The molecule has 0 N–H and O–H groups in total. The van der Waals surface area contributed by atoms with Gasteiger partial charge in [0.1, 0.15) is 18.3 Å². The van der Waals surface area contributed by atoms with Gasteiger partial charge < -0.3 is 4.74 Å². The molecule has 0 aromatic heterocycles. The molecule has 1 saturated carbocycles. The molecule has 1 fully saturated rings. The van der Waals surface area contributed by atoms with Crippen LogP contribution in [0.25, 0.3) is 0 Å². The summed E-state index contributed by atoms with van der Waals surface area (Å²) < 4.78 is 5.12. The molecule has 0 spiro atoms. The van der Waals surface area contributed by atoms with Gasteiger partial charge in [-0.2, -0.15) is 0 Å². The van der Waals surface area contributed by atoms with Crippen molar-refractivity contribution in [1.29, 1.82) is 0 Å². The third-order valence-corrected chi connectivity index (χ3v) is 2.81. The number of Topliss-reactive ketones (excluding diaryl/α,β-unsaturated/α-hetero) is 1. The van der Waals surface area contributed by atoms with Crippen LogP contribution in [0.1, 0.15) is 24.8 Å².